The van der Waals surface area contributed by atoms with Gasteiger partial charge in [-0.3, -0.25) is 0 Å². The zero-order valence-electron chi connectivity index (χ0n) is 13.6. The Bertz CT molecular complexity index is 453. The fourth-order valence-electron chi connectivity index (χ4n) is 2.13. The molecule has 2 heterocycles. The maximum Gasteiger partial charge on any atom is 0.137 e. The van der Waals surface area contributed by atoms with Gasteiger partial charge in [0.2, 0.25) is 0 Å². The van der Waals surface area contributed by atoms with Gasteiger partial charge in [-0.1, -0.05) is 27.7 Å². The van der Waals surface area contributed by atoms with Gasteiger partial charge >= 0.3 is 0 Å². The fraction of sp³-hybridized carbons (Fsp3) is 0.750. The average molecular weight is 309 g/mol. The highest BCUT2D eigenvalue weighted by molar-refractivity contribution is 7.99. The van der Waals surface area contributed by atoms with Crippen molar-refractivity contribution in [3.8, 4) is 0 Å². The predicted molar refractivity (Wildman–Crippen MR) is 89.2 cm³/mol. The molecule has 1 N–H and O–H groups in total. The van der Waals surface area contributed by atoms with Gasteiger partial charge < -0.3 is 10.1 Å². The van der Waals surface area contributed by atoms with Crippen LogP contribution >= 0.6 is 11.8 Å². The van der Waals surface area contributed by atoms with E-state index in [-0.39, 0.29) is 5.41 Å². The quantitative estimate of drug-likeness (QED) is 0.638. The normalized spacial score (nSPS) is 19.0. The molecule has 1 fully saturated rings. The molecule has 5 heteroatoms. The van der Waals surface area contributed by atoms with Gasteiger partial charge in [-0.15, -0.1) is 11.8 Å². The monoisotopic (exact) mass is 309 g/mol. The number of aromatic nitrogens is 2. The molecule has 0 aliphatic carbocycles. The van der Waals surface area contributed by atoms with E-state index in [0.29, 0.717) is 6.10 Å². The molecule has 1 unspecified atom stereocenters. The summed E-state index contributed by atoms with van der Waals surface area (Å²) in [6, 6.07) is 2.06. The molecule has 0 amide bonds. The molecule has 1 aromatic rings. The predicted octanol–water partition coefficient (Wildman–Crippen LogP) is 3.87. The first-order valence-electron chi connectivity index (χ1n) is 7.87. The van der Waals surface area contributed by atoms with Crippen molar-refractivity contribution in [1.29, 1.82) is 0 Å². The first-order valence-corrected chi connectivity index (χ1v) is 8.85. The van der Waals surface area contributed by atoms with Crippen LogP contribution in [0.5, 0.6) is 0 Å². The van der Waals surface area contributed by atoms with Crippen molar-refractivity contribution in [2.75, 3.05) is 24.2 Å². The van der Waals surface area contributed by atoms with Gasteiger partial charge in [0.15, 0.2) is 0 Å². The summed E-state index contributed by atoms with van der Waals surface area (Å²) in [6.45, 7) is 10.5. The van der Waals surface area contributed by atoms with Crippen LogP contribution in [0.1, 0.15) is 52.8 Å². The molecule has 21 heavy (non-hydrogen) atoms. The summed E-state index contributed by atoms with van der Waals surface area (Å²) in [5.74, 6) is 2.82. The highest BCUT2D eigenvalue weighted by Crippen LogP contribution is 2.27. The Morgan fingerprint density at radius 3 is 2.81 bits per heavy atom. The van der Waals surface area contributed by atoms with Crippen molar-refractivity contribution < 1.29 is 4.74 Å². The molecule has 2 rings (SSSR count). The van der Waals surface area contributed by atoms with Crippen LogP contribution in [0.2, 0.25) is 0 Å². The van der Waals surface area contributed by atoms with E-state index < -0.39 is 0 Å². The lowest BCUT2D eigenvalue weighted by molar-refractivity contribution is 0.129. The first-order chi connectivity index (χ1) is 9.99. The van der Waals surface area contributed by atoms with Crippen molar-refractivity contribution in [1.82, 2.24) is 9.97 Å². The standard InChI is InChI=1S/C16H27N3OS/c1-5-8-17-13-10-14(19-15(18-13)16(2,3)4)21-11-12-7-6-9-20-12/h10,12H,5-9,11H2,1-4H3,(H,17,18,19). The summed E-state index contributed by atoms with van der Waals surface area (Å²) >= 11 is 1.78. The Kier molecular flexibility index (Phi) is 5.88. The van der Waals surface area contributed by atoms with Crippen LogP contribution in [0.15, 0.2) is 11.1 Å². The largest absolute Gasteiger partial charge is 0.377 e. The van der Waals surface area contributed by atoms with Crippen LogP contribution in [-0.2, 0) is 10.2 Å². The lowest BCUT2D eigenvalue weighted by atomic mass is 9.96. The molecule has 118 valence electrons. The average Bonchev–Trinajstić information content (AvgIpc) is 2.95. The number of thioether (sulfide) groups is 1. The van der Waals surface area contributed by atoms with E-state index in [0.717, 1.165) is 42.0 Å². The summed E-state index contributed by atoms with van der Waals surface area (Å²) < 4.78 is 5.69. The second-order valence-corrected chi connectivity index (χ2v) is 7.58. The highest BCUT2D eigenvalue weighted by atomic mass is 32.2. The zero-order chi connectivity index (χ0) is 15.3. The number of hydrogen-bond acceptors (Lipinski definition) is 5. The van der Waals surface area contributed by atoms with Crippen molar-refractivity contribution in [2.24, 2.45) is 0 Å². The van der Waals surface area contributed by atoms with Gasteiger partial charge in [0.05, 0.1) is 6.10 Å². The third-order valence-corrected chi connectivity index (χ3v) is 4.41. The van der Waals surface area contributed by atoms with Gasteiger partial charge in [0.25, 0.3) is 0 Å². The van der Waals surface area contributed by atoms with Gasteiger partial charge in [0, 0.05) is 30.4 Å². The lowest BCUT2D eigenvalue weighted by Gasteiger charge is -2.19. The number of nitrogens with one attached hydrogen (secondary N) is 1. The van der Waals surface area contributed by atoms with E-state index in [1.54, 1.807) is 11.8 Å². The first kappa shape index (κ1) is 16.6. The Hall–Kier alpha value is -0.810. The summed E-state index contributed by atoms with van der Waals surface area (Å²) in [7, 11) is 0. The smallest absolute Gasteiger partial charge is 0.137 e. The van der Waals surface area contributed by atoms with E-state index in [2.05, 4.69) is 44.1 Å². The van der Waals surface area contributed by atoms with E-state index >= 15 is 0 Å². The minimum absolute atomic E-state index is 0.0386. The third kappa shape index (κ3) is 5.15. The molecule has 4 nitrogen and oxygen atoms in total. The van der Waals surface area contributed by atoms with Crippen molar-refractivity contribution >= 4 is 17.6 Å². The summed E-state index contributed by atoms with van der Waals surface area (Å²) in [5, 5.41) is 4.42. The van der Waals surface area contributed by atoms with Crippen molar-refractivity contribution in [3.05, 3.63) is 11.9 Å². The Morgan fingerprint density at radius 1 is 1.38 bits per heavy atom. The molecule has 1 aromatic heterocycles. The van der Waals surface area contributed by atoms with Crippen LogP contribution < -0.4 is 5.32 Å². The molecule has 1 aliphatic heterocycles. The second-order valence-electron chi connectivity index (χ2n) is 6.54. The van der Waals surface area contributed by atoms with Crippen LogP contribution in [0.4, 0.5) is 5.82 Å². The molecule has 0 saturated carbocycles. The molecular formula is C16H27N3OS. The molecule has 1 saturated heterocycles. The Labute approximate surface area is 132 Å². The SMILES string of the molecule is CCCNc1cc(SCC2CCCO2)nc(C(C)(C)C)n1. The fourth-order valence-corrected chi connectivity index (χ4v) is 3.10. The van der Waals surface area contributed by atoms with Gasteiger partial charge in [-0.2, -0.15) is 0 Å². The molecule has 0 aromatic carbocycles. The molecule has 0 radical (unpaired) electrons. The van der Waals surface area contributed by atoms with Crippen molar-refractivity contribution in [3.63, 3.8) is 0 Å². The highest BCUT2D eigenvalue weighted by Gasteiger charge is 2.20. The number of hydrogen-bond donors (Lipinski definition) is 1. The van der Waals surface area contributed by atoms with Crippen molar-refractivity contribution in [2.45, 2.75) is 63.5 Å². The number of nitrogens with zero attached hydrogens (tertiary/aromatic N) is 2. The minimum Gasteiger partial charge on any atom is -0.377 e. The zero-order valence-corrected chi connectivity index (χ0v) is 14.4. The summed E-state index contributed by atoms with van der Waals surface area (Å²) in [5.41, 5.74) is -0.0386. The number of anilines is 1. The summed E-state index contributed by atoms with van der Waals surface area (Å²) in [6.07, 6.45) is 3.83. The maximum absolute atomic E-state index is 5.69. The Morgan fingerprint density at radius 2 is 2.19 bits per heavy atom. The molecular weight excluding hydrogens is 282 g/mol. The second kappa shape index (κ2) is 7.45. The molecule has 1 aliphatic rings. The van der Waals surface area contributed by atoms with E-state index in [9.17, 15) is 0 Å². The van der Waals surface area contributed by atoms with Crippen LogP contribution in [0.3, 0.4) is 0 Å². The van der Waals surface area contributed by atoms with Crippen LogP contribution in [0, 0.1) is 0 Å². The summed E-state index contributed by atoms with van der Waals surface area (Å²) in [4.78, 5) is 9.39. The maximum atomic E-state index is 5.69. The van der Waals surface area contributed by atoms with Gasteiger partial charge in [0.1, 0.15) is 16.7 Å². The molecule has 1 atom stereocenters. The molecule has 0 bridgehead atoms. The van der Waals surface area contributed by atoms with E-state index in [1.165, 1.54) is 12.8 Å². The number of rotatable bonds is 6. The van der Waals surface area contributed by atoms with E-state index in [1.807, 2.05) is 0 Å². The van der Waals surface area contributed by atoms with Crippen LogP contribution in [0.25, 0.3) is 0 Å². The Balaban J connectivity index is 2.09. The van der Waals surface area contributed by atoms with Gasteiger partial charge in [-0.05, 0) is 19.3 Å². The topological polar surface area (TPSA) is 47.0 Å². The lowest BCUT2D eigenvalue weighted by Crippen LogP contribution is -2.18. The van der Waals surface area contributed by atoms with E-state index in [4.69, 9.17) is 9.72 Å². The minimum atomic E-state index is -0.0386. The number of ether oxygens (including phenoxy) is 1. The van der Waals surface area contributed by atoms with Gasteiger partial charge in [-0.25, -0.2) is 9.97 Å². The third-order valence-electron chi connectivity index (χ3n) is 3.37. The van der Waals surface area contributed by atoms with Crippen LogP contribution in [-0.4, -0.2) is 35.0 Å². The molecule has 0 spiro atoms.